The highest BCUT2D eigenvalue weighted by Crippen LogP contribution is 2.44. The van der Waals surface area contributed by atoms with E-state index < -0.39 is 0 Å². The van der Waals surface area contributed by atoms with E-state index in [2.05, 4.69) is 15.2 Å². The van der Waals surface area contributed by atoms with Crippen LogP contribution in [0, 0.1) is 6.92 Å². The first-order valence-corrected chi connectivity index (χ1v) is 10.3. The quantitative estimate of drug-likeness (QED) is 0.709. The van der Waals surface area contributed by atoms with E-state index in [1.54, 1.807) is 6.92 Å². The van der Waals surface area contributed by atoms with E-state index in [-0.39, 0.29) is 34.3 Å². The number of nitrogens with one attached hydrogen (secondary N) is 3. The molecule has 0 atom stereocenters. The van der Waals surface area contributed by atoms with E-state index in [9.17, 15) is 14.4 Å². The number of hydrogen-bond acceptors (Lipinski definition) is 4. The summed E-state index contributed by atoms with van der Waals surface area (Å²) < 4.78 is 0. The lowest BCUT2D eigenvalue weighted by molar-refractivity contribution is -0.132. The first kappa shape index (κ1) is 19.7. The van der Waals surface area contributed by atoms with Crippen LogP contribution in [0.15, 0.2) is 9.59 Å². The number of rotatable bonds is 2. The van der Waals surface area contributed by atoms with Crippen molar-refractivity contribution in [2.45, 2.75) is 70.6 Å². The number of nitrogens with zero attached hydrogens (tertiary/aromatic N) is 2. The topological polar surface area (TPSA) is 115 Å². The minimum Gasteiger partial charge on any atom is -0.342 e. The minimum atomic E-state index is -0.229. The molecule has 0 unspecified atom stereocenters. The Balaban J connectivity index is 1.53. The second-order valence-corrected chi connectivity index (χ2v) is 9.51. The van der Waals surface area contributed by atoms with Crippen molar-refractivity contribution >= 4 is 5.91 Å². The zero-order valence-electron chi connectivity index (χ0n) is 17.6. The molecule has 0 aromatic carbocycles. The van der Waals surface area contributed by atoms with Crippen LogP contribution in [0.1, 0.15) is 68.4 Å². The molecule has 2 aromatic rings. The predicted octanol–water partition coefficient (Wildman–Crippen LogP) is 1.44. The molecule has 1 spiro atoms. The molecular formula is C21H29N5O3. The number of fused-ring (bicyclic) bond motifs is 2. The Labute approximate surface area is 169 Å². The highest BCUT2D eigenvalue weighted by molar-refractivity contribution is 5.79. The molecule has 1 amide bonds. The zero-order chi connectivity index (χ0) is 21.0. The fourth-order valence-corrected chi connectivity index (χ4v) is 4.62. The van der Waals surface area contributed by atoms with E-state index in [0.29, 0.717) is 24.3 Å². The zero-order valence-corrected chi connectivity index (χ0v) is 17.6. The van der Waals surface area contributed by atoms with Crippen molar-refractivity contribution in [1.29, 1.82) is 0 Å². The molecule has 1 aliphatic heterocycles. The van der Waals surface area contributed by atoms with Gasteiger partial charge in [0.15, 0.2) is 0 Å². The van der Waals surface area contributed by atoms with Crippen molar-refractivity contribution in [3.8, 4) is 0 Å². The van der Waals surface area contributed by atoms with Gasteiger partial charge in [0.1, 0.15) is 5.82 Å². The number of aryl methyl sites for hydroxylation is 1. The van der Waals surface area contributed by atoms with Crippen LogP contribution in [0.4, 0.5) is 0 Å². The lowest BCUT2D eigenvalue weighted by atomic mass is 9.76. The van der Waals surface area contributed by atoms with Gasteiger partial charge in [-0.05, 0) is 32.6 Å². The van der Waals surface area contributed by atoms with Crippen molar-refractivity contribution in [2.75, 3.05) is 13.1 Å². The van der Waals surface area contributed by atoms with Crippen molar-refractivity contribution in [3.63, 3.8) is 0 Å². The Bertz CT molecular complexity index is 1060. The molecular weight excluding hydrogens is 370 g/mol. The second-order valence-electron chi connectivity index (χ2n) is 9.51. The van der Waals surface area contributed by atoms with E-state index >= 15 is 0 Å². The Kier molecular flexibility index (Phi) is 4.55. The van der Waals surface area contributed by atoms with Crippen LogP contribution >= 0.6 is 0 Å². The fourth-order valence-electron chi connectivity index (χ4n) is 4.62. The van der Waals surface area contributed by atoms with Crippen molar-refractivity contribution in [2.24, 2.45) is 0 Å². The van der Waals surface area contributed by atoms with Crippen LogP contribution in [0.25, 0.3) is 0 Å². The molecule has 8 nitrogen and oxygen atoms in total. The molecule has 2 aliphatic rings. The minimum absolute atomic E-state index is 0.0162. The number of likely N-dealkylation sites (tertiary alicyclic amines) is 1. The van der Waals surface area contributed by atoms with Gasteiger partial charge >= 0.3 is 0 Å². The van der Waals surface area contributed by atoms with Gasteiger partial charge < -0.3 is 15.0 Å². The number of H-pyrrole nitrogens is 3. The summed E-state index contributed by atoms with van der Waals surface area (Å²) in [7, 11) is 0. The molecule has 1 aliphatic carbocycles. The number of carbonyl (C=O) groups is 1. The third kappa shape index (κ3) is 3.34. The van der Waals surface area contributed by atoms with Crippen molar-refractivity contribution in [3.05, 3.63) is 49.0 Å². The number of amides is 1. The molecule has 29 heavy (non-hydrogen) atoms. The summed E-state index contributed by atoms with van der Waals surface area (Å²) in [5.41, 5.74) is 2.37. The predicted molar refractivity (Wildman–Crippen MR) is 109 cm³/mol. The number of carbonyl (C=O) groups excluding carboxylic acids is 1. The molecule has 1 saturated heterocycles. The lowest BCUT2D eigenvalue weighted by Crippen LogP contribution is -2.45. The molecule has 0 saturated carbocycles. The maximum atomic E-state index is 12.7. The molecule has 156 valence electrons. The summed E-state index contributed by atoms with van der Waals surface area (Å²) in [6.45, 7) is 9.18. The molecule has 3 heterocycles. The highest BCUT2D eigenvalue weighted by atomic mass is 16.2. The van der Waals surface area contributed by atoms with Gasteiger partial charge in [-0.25, -0.2) is 4.98 Å². The summed E-state index contributed by atoms with van der Waals surface area (Å²) in [5, 5.41) is 5.30. The molecule has 8 heteroatoms. The molecule has 4 rings (SSSR count). The first-order valence-electron chi connectivity index (χ1n) is 10.3. The van der Waals surface area contributed by atoms with E-state index in [0.717, 1.165) is 42.8 Å². The lowest BCUT2D eigenvalue weighted by Gasteiger charge is -2.39. The third-order valence-corrected chi connectivity index (χ3v) is 6.57. The van der Waals surface area contributed by atoms with Crippen LogP contribution in [0.5, 0.6) is 0 Å². The van der Waals surface area contributed by atoms with Crippen LogP contribution in [0.3, 0.4) is 0 Å². The third-order valence-electron chi connectivity index (χ3n) is 6.57. The summed E-state index contributed by atoms with van der Waals surface area (Å²) in [6, 6.07) is 0. The standard InChI is InChI=1S/C21H29N5O3/c1-12-14(18(29)25-24-12)11-15(27)26-9-7-21(8-10-26)6-5-13-16(21)22-19(20(2,3)4)23-17(13)28/h5-11H2,1-4H3,(H,22,23,28)(H2,24,25,29). The van der Waals surface area contributed by atoms with Gasteiger partial charge in [-0.15, -0.1) is 0 Å². The van der Waals surface area contributed by atoms with E-state index in [1.165, 1.54) is 0 Å². The number of aromatic amines is 3. The Morgan fingerprint density at radius 2 is 1.79 bits per heavy atom. The summed E-state index contributed by atoms with van der Waals surface area (Å²) in [6.07, 6.45) is 3.36. The summed E-state index contributed by atoms with van der Waals surface area (Å²) in [4.78, 5) is 46.9. The SMILES string of the molecule is Cc1[nH][nH]c(=O)c1CC(=O)N1CCC2(CCc3c2nc(C(C)(C)C)[nH]c3=O)CC1. The van der Waals surface area contributed by atoms with Gasteiger partial charge in [0, 0.05) is 40.7 Å². The van der Waals surface area contributed by atoms with Crippen LogP contribution < -0.4 is 11.1 Å². The maximum Gasteiger partial charge on any atom is 0.267 e. The van der Waals surface area contributed by atoms with Crippen molar-refractivity contribution in [1.82, 2.24) is 25.1 Å². The Morgan fingerprint density at radius 3 is 2.38 bits per heavy atom. The van der Waals surface area contributed by atoms with Crippen LogP contribution in [-0.4, -0.2) is 44.1 Å². The Hall–Kier alpha value is -2.64. The maximum absolute atomic E-state index is 12.7. The van der Waals surface area contributed by atoms with Gasteiger partial charge in [0.2, 0.25) is 5.91 Å². The van der Waals surface area contributed by atoms with Crippen LogP contribution in [-0.2, 0) is 28.5 Å². The van der Waals surface area contributed by atoms with E-state index in [1.807, 2.05) is 25.7 Å². The van der Waals surface area contributed by atoms with Gasteiger partial charge in [0.05, 0.1) is 12.1 Å². The first-order chi connectivity index (χ1) is 13.6. The van der Waals surface area contributed by atoms with Gasteiger partial charge in [0.25, 0.3) is 11.1 Å². The monoisotopic (exact) mass is 399 g/mol. The van der Waals surface area contributed by atoms with E-state index in [4.69, 9.17) is 4.98 Å². The second kappa shape index (κ2) is 6.71. The summed E-state index contributed by atoms with van der Waals surface area (Å²) in [5.74, 6) is 0.698. The highest BCUT2D eigenvalue weighted by Gasteiger charge is 2.45. The fraction of sp³-hybridized carbons (Fsp3) is 0.619. The molecule has 1 fully saturated rings. The Morgan fingerprint density at radius 1 is 1.10 bits per heavy atom. The molecule has 3 N–H and O–H groups in total. The number of piperidine rings is 1. The molecule has 0 radical (unpaired) electrons. The molecule has 2 aromatic heterocycles. The smallest absolute Gasteiger partial charge is 0.267 e. The number of hydrogen-bond donors (Lipinski definition) is 3. The molecule has 0 bridgehead atoms. The largest absolute Gasteiger partial charge is 0.342 e. The van der Waals surface area contributed by atoms with Gasteiger partial charge in [-0.3, -0.25) is 19.5 Å². The van der Waals surface area contributed by atoms with Gasteiger partial charge in [-0.2, -0.15) is 0 Å². The van der Waals surface area contributed by atoms with Gasteiger partial charge in [-0.1, -0.05) is 20.8 Å². The van der Waals surface area contributed by atoms with Crippen molar-refractivity contribution < 1.29 is 4.79 Å². The normalized spacial score (nSPS) is 18.3. The summed E-state index contributed by atoms with van der Waals surface area (Å²) >= 11 is 0. The number of aromatic nitrogens is 4. The van der Waals surface area contributed by atoms with Crippen LogP contribution in [0.2, 0.25) is 0 Å². The average Bonchev–Trinajstić information content (AvgIpc) is 3.17. The average molecular weight is 399 g/mol.